The van der Waals surface area contributed by atoms with Gasteiger partial charge in [-0.25, -0.2) is 0 Å². The molecule has 5 nitrogen and oxygen atoms in total. The molecule has 0 amide bonds. The zero-order valence-electron chi connectivity index (χ0n) is 8.10. The van der Waals surface area contributed by atoms with E-state index in [1.54, 1.807) is 6.20 Å². The van der Waals surface area contributed by atoms with E-state index < -0.39 is 0 Å². The number of carbonyl (C=O) groups excluding carboxylic acids is 2. The largest absolute Gasteiger partial charge is 0.373 e. The van der Waals surface area contributed by atoms with Crippen molar-refractivity contribution in [3.8, 4) is 11.3 Å². The molecule has 0 saturated heterocycles. The Morgan fingerprint density at radius 3 is 2.60 bits per heavy atom. The second-order valence-electron chi connectivity index (χ2n) is 2.73. The van der Waals surface area contributed by atoms with Gasteiger partial charge in [0.15, 0.2) is 0 Å². The van der Waals surface area contributed by atoms with Gasteiger partial charge >= 0.3 is 6.15 Å². The number of nitrogens with zero attached hydrogens (tertiary/aromatic N) is 2. The molecule has 2 heterocycles. The van der Waals surface area contributed by atoms with Crippen molar-refractivity contribution in [2.75, 3.05) is 0 Å². The van der Waals surface area contributed by atoms with Crippen LogP contribution in [0.4, 0.5) is 0 Å². The minimum Gasteiger partial charge on any atom is -0.285 e. The van der Waals surface area contributed by atoms with Crippen molar-refractivity contribution in [1.82, 2.24) is 15.2 Å². The first-order valence-electron chi connectivity index (χ1n) is 4.20. The maximum atomic E-state index is 8.12. The van der Waals surface area contributed by atoms with Crippen molar-refractivity contribution < 1.29 is 9.59 Å². The minimum atomic E-state index is 0.250. The predicted octanol–water partition coefficient (Wildman–Crippen LogP) is 1.20. The van der Waals surface area contributed by atoms with Gasteiger partial charge in [-0.05, 0) is 19.1 Å². The summed E-state index contributed by atoms with van der Waals surface area (Å²) in [6, 6.07) is 5.94. The third kappa shape index (κ3) is 3.17. The smallest absolute Gasteiger partial charge is 0.285 e. The molecule has 2 aromatic rings. The van der Waals surface area contributed by atoms with Crippen LogP contribution >= 0.6 is 0 Å². The highest BCUT2D eigenvalue weighted by Gasteiger charge is 1.98. The Morgan fingerprint density at radius 1 is 1.33 bits per heavy atom. The average molecular weight is 203 g/mol. The molecule has 0 aliphatic rings. The molecule has 0 atom stereocenters. The summed E-state index contributed by atoms with van der Waals surface area (Å²) in [5.74, 6) is 0. The first kappa shape index (κ1) is 10.8. The highest BCUT2D eigenvalue weighted by Crippen LogP contribution is 2.13. The molecule has 76 valence electrons. The van der Waals surface area contributed by atoms with Crippen LogP contribution in [0.1, 0.15) is 5.69 Å². The number of hydrogen-bond donors (Lipinski definition) is 1. The van der Waals surface area contributed by atoms with Gasteiger partial charge in [-0.15, -0.1) is 0 Å². The molecule has 1 N–H and O–H groups in total. The Bertz CT molecular complexity index is 445. The summed E-state index contributed by atoms with van der Waals surface area (Å²) in [5, 5.41) is 6.62. The average Bonchev–Trinajstić information content (AvgIpc) is 2.71. The Hall–Kier alpha value is -2.26. The fourth-order valence-electron chi connectivity index (χ4n) is 1.09. The summed E-state index contributed by atoms with van der Waals surface area (Å²) >= 11 is 0. The molecule has 5 heteroatoms. The molecule has 0 aliphatic carbocycles. The van der Waals surface area contributed by atoms with Crippen LogP contribution in [0.25, 0.3) is 11.3 Å². The lowest BCUT2D eigenvalue weighted by molar-refractivity contribution is -0.191. The molecule has 0 bridgehead atoms. The lowest BCUT2D eigenvalue weighted by Gasteiger charge is -1.96. The maximum Gasteiger partial charge on any atom is 0.373 e. The predicted molar refractivity (Wildman–Crippen MR) is 51.6 cm³/mol. The lowest BCUT2D eigenvalue weighted by atomic mass is 10.2. The standard InChI is InChI=1S/C9H9N3.CO2/c1-7-3-2-4-9(12-7)8-5-10-11-6-8;2-1-3/h2-6H,1H3,(H,10,11);. The van der Waals surface area contributed by atoms with Crippen LogP contribution in [-0.4, -0.2) is 21.3 Å². The number of hydrogen-bond acceptors (Lipinski definition) is 4. The molecule has 0 spiro atoms. The molecular weight excluding hydrogens is 194 g/mol. The van der Waals surface area contributed by atoms with Crippen LogP contribution in [0.2, 0.25) is 0 Å². The van der Waals surface area contributed by atoms with Crippen LogP contribution in [0.15, 0.2) is 30.6 Å². The van der Waals surface area contributed by atoms with Crippen molar-refractivity contribution in [3.63, 3.8) is 0 Å². The quantitative estimate of drug-likeness (QED) is 0.755. The Kier molecular flexibility index (Phi) is 3.94. The molecule has 0 aromatic carbocycles. The molecule has 0 aliphatic heterocycles. The number of pyridine rings is 1. The highest BCUT2D eigenvalue weighted by molar-refractivity contribution is 5.56. The molecule has 0 fully saturated rings. The number of aryl methyl sites for hydroxylation is 1. The van der Waals surface area contributed by atoms with E-state index in [0.29, 0.717) is 0 Å². The van der Waals surface area contributed by atoms with Gasteiger partial charge in [-0.1, -0.05) is 6.07 Å². The third-order valence-corrected chi connectivity index (χ3v) is 1.68. The van der Waals surface area contributed by atoms with Gasteiger partial charge in [0, 0.05) is 17.5 Å². The Labute approximate surface area is 86.2 Å². The number of H-pyrrole nitrogens is 1. The van der Waals surface area contributed by atoms with E-state index in [0.717, 1.165) is 17.0 Å². The van der Waals surface area contributed by atoms with Crippen molar-refractivity contribution in [1.29, 1.82) is 0 Å². The van der Waals surface area contributed by atoms with E-state index in [1.165, 1.54) is 0 Å². The second kappa shape index (κ2) is 5.47. The van der Waals surface area contributed by atoms with Crippen LogP contribution < -0.4 is 0 Å². The van der Waals surface area contributed by atoms with E-state index in [1.807, 2.05) is 31.3 Å². The Morgan fingerprint density at radius 2 is 2.07 bits per heavy atom. The third-order valence-electron chi connectivity index (χ3n) is 1.68. The van der Waals surface area contributed by atoms with E-state index >= 15 is 0 Å². The summed E-state index contributed by atoms with van der Waals surface area (Å²) in [7, 11) is 0. The van der Waals surface area contributed by atoms with Gasteiger partial charge in [0.05, 0.1) is 11.9 Å². The van der Waals surface area contributed by atoms with Crippen molar-refractivity contribution in [2.24, 2.45) is 0 Å². The molecule has 0 radical (unpaired) electrons. The first-order chi connectivity index (χ1) is 7.27. The topological polar surface area (TPSA) is 75.7 Å². The van der Waals surface area contributed by atoms with Gasteiger partial charge in [0.2, 0.25) is 0 Å². The van der Waals surface area contributed by atoms with Crippen molar-refractivity contribution in [3.05, 3.63) is 36.3 Å². The molecule has 0 saturated carbocycles. The molecule has 2 rings (SSSR count). The molecule has 2 aromatic heterocycles. The van der Waals surface area contributed by atoms with Crippen LogP contribution in [0.3, 0.4) is 0 Å². The zero-order chi connectivity index (χ0) is 11.1. The maximum absolute atomic E-state index is 8.12. The normalized spacial score (nSPS) is 8.60. The van der Waals surface area contributed by atoms with E-state index in [4.69, 9.17) is 9.59 Å². The molecule has 0 unspecified atom stereocenters. The van der Waals surface area contributed by atoms with Crippen LogP contribution in [0, 0.1) is 6.92 Å². The molecule has 15 heavy (non-hydrogen) atoms. The Balaban J connectivity index is 0.000000337. The first-order valence-corrected chi connectivity index (χ1v) is 4.20. The molecular formula is C10H9N3O2. The monoisotopic (exact) mass is 203 g/mol. The number of aromatic amines is 1. The fourth-order valence-corrected chi connectivity index (χ4v) is 1.09. The van der Waals surface area contributed by atoms with E-state index in [2.05, 4.69) is 15.2 Å². The summed E-state index contributed by atoms with van der Waals surface area (Å²) < 4.78 is 0. The number of aromatic nitrogens is 3. The van der Waals surface area contributed by atoms with Gasteiger partial charge in [0.1, 0.15) is 0 Å². The van der Waals surface area contributed by atoms with Crippen LogP contribution in [0.5, 0.6) is 0 Å². The van der Waals surface area contributed by atoms with Crippen LogP contribution in [-0.2, 0) is 9.59 Å². The van der Waals surface area contributed by atoms with E-state index in [9.17, 15) is 0 Å². The second-order valence-corrected chi connectivity index (χ2v) is 2.73. The fraction of sp³-hybridized carbons (Fsp3) is 0.100. The van der Waals surface area contributed by atoms with Gasteiger partial charge < -0.3 is 0 Å². The van der Waals surface area contributed by atoms with Crippen molar-refractivity contribution in [2.45, 2.75) is 6.92 Å². The minimum absolute atomic E-state index is 0.250. The van der Waals surface area contributed by atoms with Crippen molar-refractivity contribution >= 4 is 6.15 Å². The van der Waals surface area contributed by atoms with E-state index in [-0.39, 0.29) is 6.15 Å². The number of rotatable bonds is 1. The van der Waals surface area contributed by atoms with Gasteiger partial charge in [-0.3, -0.25) is 10.1 Å². The zero-order valence-corrected chi connectivity index (χ0v) is 8.10. The van der Waals surface area contributed by atoms with Gasteiger partial charge in [-0.2, -0.15) is 14.7 Å². The summed E-state index contributed by atoms with van der Waals surface area (Å²) in [6.07, 6.45) is 3.85. The highest BCUT2D eigenvalue weighted by atomic mass is 16.2. The number of nitrogens with one attached hydrogen (secondary N) is 1. The SMILES string of the molecule is Cc1cccc(-c2cn[nH]c2)n1.O=C=O. The van der Waals surface area contributed by atoms with Gasteiger partial charge in [0.25, 0.3) is 0 Å². The summed E-state index contributed by atoms with van der Waals surface area (Å²) in [4.78, 5) is 20.6. The summed E-state index contributed by atoms with van der Waals surface area (Å²) in [6.45, 7) is 1.98. The lowest BCUT2D eigenvalue weighted by Crippen LogP contribution is -1.83. The summed E-state index contributed by atoms with van der Waals surface area (Å²) in [5.41, 5.74) is 3.01.